The van der Waals surface area contributed by atoms with Gasteiger partial charge in [0.15, 0.2) is 0 Å². The molecule has 86 valence electrons. The van der Waals surface area contributed by atoms with Crippen molar-refractivity contribution in [1.82, 2.24) is 10.6 Å². The first-order valence-corrected chi connectivity index (χ1v) is 5.38. The molecular formula is C12H16N2O2. The second-order valence-electron chi connectivity index (χ2n) is 4.03. The molecule has 1 fully saturated rings. The van der Waals surface area contributed by atoms with E-state index < -0.39 is 0 Å². The van der Waals surface area contributed by atoms with E-state index in [0.717, 1.165) is 17.9 Å². The fourth-order valence-corrected chi connectivity index (χ4v) is 1.85. The lowest BCUT2D eigenvalue weighted by Crippen LogP contribution is -2.52. The fraction of sp³-hybridized carbons (Fsp3) is 0.417. The Morgan fingerprint density at radius 1 is 1.44 bits per heavy atom. The number of piperazine rings is 1. The van der Waals surface area contributed by atoms with Gasteiger partial charge in [0, 0.05) is 12.6 Å². The normalized spacial score (nSPS) is 25.0. The molecule has 0 unspecified atom stereocenters. The van der Waals surface area contributed by atoms with Crippen LogP contribution < -0.4 is 15.4 Å². The molecule has 2 rings (SSSR count). The Hall–Kier alpha value is -1.55. The van der Waals surface area contributed by atoms with Gasteiger partial charge < -0.3 is 15.4 Å². The highest BCUT2D eigenvalue weighted by Gasteiger charge is 2.26. The van der Waals surface area contributed by atoms with Crippen LogP contribution in [0.2, 0.25) is 0 Å². The molecule has 0 spiro atoms. The van der Waals surface area contributed by atoms with Gasteiger partial charge in [-0.25, -0.2) is 0 Å². The zero-order chi connectivity index (χ0) is 11.5. The average Bonchev–Trinajstić information content (AvgIpc) is 2.29. The summed E-state index contributed by atoms with van der Waals surface area (Å²) < 4.78 is 5.14. The summed E-state index contributed by atoms with van der Waals surface area (Å²) in [6.07, 6.45) is 0. The van der Waals surface area contributed by atoms with E-state index in [-0.39, 0.29) is 18.0 Å². The van der Waals surface area contributed by atoms with Crippen LogP contribution in [0, 0.1) is 0 Å². The van der Waals surface area contributed by atoms with Crippen LogP contribution in [0.15, 0.2) is 24.3 Å². The summed E-state index contributed by atoms with van der Waals surface area (Å²) in [5, 5.41) is 6.14. The third-order valence-electron chi connectivity index (χ3n) is 2.71. The van der Waals surface area contributed by atoms with Crippen molar-refractivity contribution in [3.05, 3.63) is 29.8 Å². The lowest BCUT2D eigenvalue weighted by atomic mass is 10.0. The van der Waals surface area contributed by atoms with Crippen LogP contribution in [0.5, 0.6) is 5.75 Å². The molecule has 0 aromatic heterocycles. The van der Waals surface area contributed by atoms with Crippen molar-refractivity contribution in [2.45, 2.75) is 19.0 Å². The summed E-state index contributed by atoms with van der Waals surface area (Å²) in [4.78, 5) is 11.8. The zero-order valence-corrected chi connectivity index (χ0v) is 9.49. The first-order valence-electron chi connectivity index (χ1n) is 5.38. The number of benzene rings is 1. The lowest BCUT2D eigenvalue weighted by molar-refractivity contribution is -0.125. The Morgan fingerprint density at radius 2 is 2.25 bits per heavy atom. The molecule has 4 nitrogen and oxygen atoms in total. The van der Waals surface area contributed by atoms with Crippen LogP contribution in [0.4, 0.5) is 0 Å². The number of carbonyl (C=O) groups excluding carboxylic acids is 1. The molecule has 16 heavy (non-hydrogen) atoms. The summed E-state index contributed by atoms with van der Waals surface area (Å²) in [5.41, 5.74) is 0.934. The topological polar surface area (TPSA) is 50.4 Å². The first kappa shape index (κ1) is 11.0. The van der Waals surface area contributed by atoms with Crippen molar-refractivity contribution in [1.29, 1.82) is 0 Å². The maximum Gasteiger partial charge on any atom is 0.241 e. The third kappa shape index (κ3) is 2.17. The summed E-state index contributed by atoms with van der Waals surface area (Å²) in [6, 6.07) is 7.48. The standard InChI is InChI=1S/C12H16N2O2/c1-8-7-13-11(12(15)14-8)9-4-3-5-10(6-9)16-2/h3-6,8,11,13H,7H2,1-2H3,(H,14,15)/t8-,11-/m1/s1. The minimum atomic E-state index is -0.272. The maximum absolute atomic E-state index is 11.8. The molecule has 0 radical (unpaired) electrons. The van der Waals surface area contributed by atoms with Gasteiger partial charge in [0.25, 0.3) is 0 Å². The molecule has 2 N–H and O–H groups in total. The second kappa shape index (κ2) is 4.53. The van der Waals surface area contributed by atoms with Crippen LogP contribution in [-0.4, -0.2) is 25.6 Å². The monoisotopic (exact) mass is 220 g/mol. The van der Waals surface area contributed by atoms with Gasteiger partial charge >= 0.3 is 0 Å². The van der Waals surface area contributed by atoms with E-state index in [0.29, 0.717) is 0 Å². The molecule has 1 aliphatic heterocycles. The Labute approximate surface area is 95.0 Å². The average molecular weight is 220 g/mol. The first-order chi connectivity index (χ1) is 7.70. The van der Waals surface area contributed by atoms with E-state index in [9.17, 15) is 4.79 Å². The smallest absolute Gasteiger partial charge is 0.241 e. The van der Waals surface area contributed by atoms with E-state index in [1.54, 1.807) is 7.11 Å². The predicted molar refractivity (Wildman–Crippen MR) is 61.3 cm³/mol. The number of hydrogen-bond acceptors (Lipinski definition) is 3. The summed E-state index contributed by atoms with van der Waals surface area (Å²) in [7, 11) is 1.62. The molecule has 2 atom stereocenters. The van der Waals surface area contributed by atoms with Crippen LogP contribution >= 0.6 is 0 Å². The molecule has 4 heteroatoms. The van der Waals surface area contributed by atoms with Crippen molar-refractivity contribution in [2.75, 3.05) is 13.7 Å². The molecule has 0 aliphatic carbocycles. The largest absolute Gasteiger partial charge is 0.497 e. The van der Waals surface area contributed by atoms with E-state index in [1.165, 1.54) is 0 Å². The van der Waals surface area contributed by atoms with Gasteiger partial charge in [0.1, 0.15) is 11.8 Å². The Morgan fingerprint density at radius 3 is 2.94 bits per heavy atom. The van der Waals surface area contributed by atoms with Crippen molar-refractivity contribution < 1.29 is 9.53 Å². The number of methoxy groups -OCH3 is 1. The van der Waals surface area contributed by atoms with Crippen LogP contribution in [-0.2, 0) is 4.79 Å². The number of nitrogens with one attached hydrogen (secondary N) is 2. The van der Waals surface area contributed by atoms with Crippen molar-refractivity contribution in [3.63, 3.8) is 0 Å². The van der Waals surface area contributed by atoms with Gasteiger partial charge in [0.2, 0.25) is 5.91 Å². The van der Waals surface area contributed by atoms with Crippen LogP contribution in [0.25, 0.3) is 0 Å². The van der Waals surface area contributed by atoms with Crippen molar-refractivity contribution in [2.24, 2.45) is 0 Å². The Bertz CT molecular complexity index is 392. The molecule has 0 saturated carbocycles. The van der Waals surface area contributed by atoms with E-state index >= 15 is 0 Å². The molecule has 1 aromatic carbocycles. The van der Waals surface area contributed by atoms with E-state index in [1.807, 2.05) is 31.2 Å². The van der Waals surface area contributed by atoms with Crippen molar-refractivity contribution >= 4 is 5.91 Å². The number of carbonyl (C=O) groups is 1. The van der Waals surface area contributed by atoms with Gasteiger partial charge in [-0.3, -0.25) is 4.79 Å². The minimum Gasteiger partial charge on any atom is -0.497 e. The third-order valence-corrected chi connectivity index (χ3v) is 2.71. The SMILES string of the molecule is COc1cccc([C@H]2NC[C@@H](C)NC2=O)c1. The number of rotatable bonds is 2. The molecule has 1 amide bonds. The van der Waals surface area contributed by atoms with E-state index in [2.05, 4.69) is 10.6 Å². The highest BCUT2D eigenvalue weighted by Crippen LogP contribution is 2.20. The highest BCUT2D eigenvalue weighted by atomic mass is 16.5. The summed E-state index contributed by atoms with van der Waals surface area (Å²) >= 11 is 0. The zero-order valence-electron chi connectivity index (χ0n) is 9.49. The summed E-state index contributed by atoms with van der Waals surface area (Å²) in [5.74, 6) is 0.790. The van der Waals surface area contributed by atoms with Crippen LogP contribution in [0.3, 0.4) is 0 Å². The Balaban J connectivity index is 2.20. The molecule has 1 saturated heterocycles. The molecular weight excluding hydrogens is 204 g/mol. The van der Waals surface area contributed by atoms with Crippen LogP contribution in [0.1, 0.15) is 18.5 Å². The predicted octanol–water partition coefficient (Wildman–Crippen LogP) is 0.844. The molecule has 1 heterocycles. The lowest BCUT2D eigenvalue weighted by Gasteiger charge is -2.28. The van der Waals surface area contributed by atoms with E-state index in [4.69, 9.17) is 4.74 Å². The van der Waals surface area contributed by atoms with Crippen molar-refractivity contribution in [3.8, 4) is 5.75 Å². The molecule has 0 bridgehead atoms. The van der Waals surface area contributed by atoms with Gasteiger partial charge in [-0.05, 0) is 24.6 Å². The van der Waals surface area contributed by atoms with Gasteiger partial charge in [-0.15, -0.1) is 0 Å². The maximum atomic E-state index is 11.8. The minimum absolute atomic E-state index is 0.0204. The second-order valence-corrected chi connectivity index (χ2v) is 4.03. The fourth-order valence-electron chi connectivity index (χ4n) is 1.85. The molecule has 1 aromatic rings. The van der Waals surface area contributed by atoms with Gasteiger partial charge in [-0.2, -0.15) is 0 Å². The number of ether oxygens (including phenoxy) is 1. The highest BCUT2D eigenvalue weighted by molar-refractivity contribution is 5.84. The van der Waals surface area contributed by atoms with Gasteiger partial charge in [-0.1, -0.05) is 12.1 Å². The summed E-state index contributed by atoms with van der Waals surface area (Å²) in [6.45, 7) is 2.76. The number of hydrogen-bond donors (Lipinski definition) is 2. The number of amides is 1. The Kier molecular flexibility index (Phi) is 3.10. The van der Waals surface area contributed by atoms with Gasteiger partial charge in [0.05, 0.1) is 7.11 Å². The quantitative estimate of drug-likeness (QED) is 0.776. The molecule has 1 aliphatic rings.